The number of aryl methyl sites for hydroxylation is 1. The van der Waals surface area contributed by atoms with Crippen molar-refractivity contribution in [1.82, 2.24) is 24.8 Å². The molecule has 37 heavy (non-hydrogen) atoms. The van der Waals surface area contributed by atoms with Gasteiger partial charge >= 0.3 is 12.1 Å². The number of benzene rings is 1. The average molecular weight is 508 g/mol. The molecule has 2 N–H and O–H groups in total. The van der Waals surface area contributed by atoms with Crippen LogP contribution in [0.3, 0.4) is 0 Å². The van der Waals surface area contributed by atoms with Gasteiger partial charge in [-0.15, -0.1) is 0 Å². The van der Waals surface area contributed by atoms with Gasteiger partial charge in [-0.25, -0.2) is 19.6 Å². The van der Waals surface area contributed by atoms with Crippen molar-refractivity contribution in [3.63, 3.8) is 0 Å². The van der Waals surface area contributed by atoms with Gasteiger partial charge in [-0.1, -0.05) is 0 Å². The number of amides is 1. The van der Waals surface area contributed by atoms with Gasteiger partial charge in [0.15, 0.2) is 11.6 Å². The number of methoxy groups -OCH3 is 1. The Morgan fingerprint density at radius 3 is 2.51 bits per heavy atom. The van der Waals surface area contributed by atoms with Crippen molar-refractivity contribution in [2.45, 2.75) is 59.3 Å². The molecule has 0 aliphatic heterocycles. The van der Waals surface area contributed by atoms with E-state index in [2.05, 4.69) is 15.3 Å². The highest BCUT2D eigenvalue weighted by Crippen LogP contribution is 2.39. The van der Waals surface area contributed by atoms with E-state index in [4.69, 9.17) is 19.2 Å². The topological polar surface area (TPSA) is 120 Å². The Hall–Kier alpha value is -4.08. The normalized spacial score (nSPS) is 12.7. The minimum absolute atomic E-state index is 0.254. The molecule has 0 bridgehead atoms. The van der Waals surface area contributed by atoms with E-state index in [9.17, 15) is 9.59 Å². The first-order chi connectivity index (χ1) is 17.4. The van der Waals surface area contributed by atoms with Gasteiger partial charge in [-0.3, -0.25) is 0 Å². The Balaban J connectivity index is 1.90. The smallest absolute Gasteiger partial charge is 0.408 e. The summed E-state index contributed by atoms with van der Waals surface area (Å²) in [7, 11) is 3.39. The molecule has 196 valence electrons. The second-order valence-corrected chi connectivity index (χ2v) is 10.2. The summed E-state index contributed by atoms with van der Waals surface area (Å²) in [6.45, 7) is 10.7. The molecule has 4 rings (SSSR count). The maximum absolute atomic E-state index is 13.2. The first-order valence-corrected chi connectivity index (χ1v) is 12.1. The third kappa shape index (κ3) is 5.23. The standard InChI is InChI=1S/C27H33N5O5/c1-14(2)36-25(33)17-13-18-21(22(35-8)20(17)15(3)29-26(34)37-27(4,5)6)32(7)24(31-18)19-12-16-10-9-11-28-23(16)30-19/h9-15H,1-8H3,(H,28,30)(H,29,34)/t15-/m1/s1. The SMILES string of the molecule is COc1c([C@@H](C)NC(=O)OC(C)(C)C)c(C(=O)OC(C)C)cc2nc(-c3cc4cccnc4[nH]3)n(C)c12. The van der Waals surface area contributed by atoms with Gasteiger partial charge in [0.2, 0.25) is 0 Å². The number of hydrogen-bond acceptors (Lipinski definition) is 7. The second-order valence-electron chi connectivity index (χ2n) is 10.2. The lowest BCUT2D eigenvalue weighted by Crippen LogP contribution is -2.34. The maximum Gasteiger partial charge on any atom is 0.408 e. The van der Waals surface area contributed by atoms with Gasteiger partial charge in [0.1, 0.15) is 16.8 Å². The molecule has 3 heterocycles. The van der Waals surface area contributed by atoms with Crippen molar-refractivity contribution in [2.24, 2.45) is 7.05 Å². The third-order valence-electron chi connectivity index (χ3n) is 5.72. The van der Waals surface area contributed by atoms with Gasteiger partial charge < -0.3 is 29.1 Å². The third-order valence-corrected chi connectivity index (χ3v) is 5.72. The average Bonchev–Trinajstić information content (AvgIpc) is 3.36. The van der Waals surface area contributed by atoms with E-state index >= 15 is 0 Å². The Morgan fingerprint density at radius 1 is 1.16 bits per heavy atom. The second kappa shape index (κ2) is 9.76. The number of nitrogens with zero attached hydrogens (tertiary/aromatic N) is 3. The lowest BCUT2D eigenvalue weighted by Gasteiger charge is -2.24. The van der Waals surface area contributed by atoms with Gasteiger partial charge in [0.25, 0.3) is 0 Å². The zero-order valence-corrected chi connectivity index (χ0v) is 22.4. The summed E-state index contributed by atoms with van der Waals surface area (Å²) < 4.78 is 18.7. The van der Waals surface area contributed by atoms with Crippen LogP contribution in [0, 0.1) is 0 Å². The van der Waals surface area contributed by atoms with Crippen LogP contribution in [-0.4, -0.2) is 50.4 Å². The number of imidazole rings is 1. The van der Waals surface area contributed by atoms with Crippen molar-refractivity contribution in [2.75, 3.05) is 7.11 Å². The van der Waals surface area contributed by atoms with E-state index in [1.807, 2.05) is 29.8 Å². The van der Waals surface area contributed by atoms with E-state index in [-0.39, 0.29) is 11.7 Å². The lowest BCUT2D eigenvalue weighted by molar-refractivity contribution is 0.0371. The highest BCUT2D eigenvalue weighted by atomic mass is 16.6. The number of aromatic amines is 1. The summed E-state index contributed by atoms with van der Waals surface area (Å²) in [5, 5.41) is 3.78. The van der Waals surface area contributed by atoms with Crippen LogP contribution in [0.2, 0.25) is 0 Å². The number of fused-ring (bicyclic) bond motifs is 2. The quantitative estimate of drug-likeness (QED) is 0.341. The summed E-state index contributed by atoms with van der Waals surface area (Å²) in [6.07, 6.45) is 0.773. The van der Waals surface area contributed by atoms with E-state index < -0.39 is 23.7 Å². The molecule has 0 unspecified atom stereocenters. The van der Waals surface area contributed by atoms with E-state index in [0.29, 0.717) is 28.2 Å². The molecule has 0 fully saturated rings. The van der Waals surface area contributed by atoms with Crippen LogP contribution in [0.5, 0.6) is 5.75 Å². The fourth-order valence-corrected chi connectivity index (χ4v) is 4.31. The molecule has 1 atom stereocenters. The number of hydrogen-bond donors (Lipinski definition) is 2. The Morgan fingerprint density at radius 2 is 1.89 bits per heavy atom. The number of alkyl carbamates (subject to hydrolysis) is 1. The number of esters is 1. The fourth-order valence-electron chi connectivity index (χ4n) is 4.31. The molecular weight excluding hydrogens is 474 g/mol. The number of aromatic nitrogens is 4. The minimum atomic E-state index is -0.678. The summed E-state index contributed by atoms with van der Waals surface area (Å²) >= 11 is 0. The molecule has 10 nitrogen and oxygen atoms in total. The molecule has 0 radical (unpaired) electrons. The van der Waals surface area contributed by atoms with E-state index in [1.165, 1.54) is 7.11 Å². The predicted molar refractivity (Wildman–Crippen MR) is 141 cm³/mol. The van der Waals surface area contributed by atoms with Crippen LogP contribution in [0.15, 0.2) is 30.5 Å². The lowest BCUT2D eigenvalue weighted by atomic mass is 9.98. The van der Waals surface area contributed by atoms with Crippen molar-refractivity contribution < 1.29 is 23.8 Å². The molecule has 10 heteroatoms. The van der Waals surface area contributed by atoms with Crippen molar-refractivity contribution in [3.05, 3.63) is 41.6 Å². The van der Waals surface area contributed by atoms with Crippen LogP contribution in [0.4, 0.5) is 4.79 Å². The predicted octanol–water partition coefficient (Wildman–Crippen LogP) is 5.28. The van der Waals surface area contributed by atoms with E-state index in [1.54, 1.807) is 53.8 Å². The number of carbonyl (C=O) groups is 2. The van der Waals surface area contributed by atoms with Crippen LogP contribution >= 0.6 is 0 Å². The van der Waals surface area contributed by atoms with Crippen molar-refractivity contribution >= 4 is 34.1 Å². The zero-order chi connectivity index (χ0) is 27.1. The highest BCUT2D eigenvalue weighted by Gasteiger charge is 2.30. The van der Waals surface area contributed by atoms with Crippen LogP contribution in [0.1, 0.15) is 63.5 Å². The molecule has 0 aliphatic rings. The van der Waals surface area contributed by atoms with Crippen LogP contribution in [-0.2, 0) is 16.5 Å². The number of rotatable bonds is 6. The van der Waals surface area contributed by atoms with Crippen LogP contribution in [0.25, 0.3) is 33.6 Å². The zero-order valence-electron chi connectivity index (χ0n) is 22.4. The molecular formula is C27H33N5O5. The first kappa shape index (κ1) is 26.0. The van der Waals surface area contributed by atoms with Crippen molar-refractivity contribution in [3.8, 4) is 17.3 Å². The summed E-state index contributed by atoms with van der Waals surface area (Å²) in [4.78, 5) is 38.3. The number of pyridine rings is 1. The Kier molecular flexibility index (Phi) is 6.86. The van der Waals surface area contributed by atoms with Gasteiger partial charge in [-0.2, -0.15) is 0 Å². The number of carbonyl (C=O) groups excluding carboxylic acids is 2. The van der Waals surface area contributed by atoms with Crippen molar-refractivity contribution in [1.29, 1.82) is 0 Å². The Bertz CT molecular complexity index is 1450. The van der Waals surface area contributed by atoms with Crippen LogP contribution < -0.4 is 10.1 Å². The molecule has 0 saturated heterocycles. The summed E-state index contributed by atoms with van der Waals surface area (Å²) in [5.41, 5.74) is 2.77. The largest absolute Gasteiger partial charge is 0.494 e. The number of H-pyrrole nitrogens is 1. The summed E-state index contributed by atoms with van der Waals surface area (Å²) in [6, 6.07) is 6.84. The molecule has 1 aromatic carbocycles. The molecule has 0 saturated carbocycles. The molecule has 1 amide bonds. The van der Waals surface area contributed by atoms with Gasteiger partial charge in [0, 0.05) is 24.2 Å². The maximum atomic E-state index is 13.2. The van der Waals surface area contributed by atoms with Gasteiger partial charge in [0.05, 0.1) is 36.0 Å². The monoisotopic (exact) mass is 507 g/mol. The van der Waals surface area contributed by atoms with Gasteiger partial charge in [-0.05, 0) is 65.8 Å². The Labute approximate surface area is 215 Å². The summed E-state index contributed by atoms with van der Waals surface area (Å²) in [5.74, 6) is 0.511. The number of ether oxygens (including phenoxy) is 3. The molecule has 0 aliphatic carbocycles. The fraction of sp³-hybridized carbons (Fsp3) is 0.407. The minimum Gasteiger partial charge on any atom is -0.494 e. The first-order valence-electron chi connectivity index (χ1n) is 12.1. The highest BCUT2D eigenvalue weighted by molar-refractivity contribution is 6.00. The molecule has 4 aromatic rings. The molecule has 3 aromatic heterocycles. The number of nitrogens with one attached hydrogen (secondary N) is 2. The molecule has 0 spiro atoms. The van der Waals surface area contributed by atoms with E-state index in [0.717, 1.165) is 16.7 Å².